The molecule has 2 N–H and O–H groups in total. The highest BCUT2D eigenvalue weighted by molar-refractivity contribution is 7.11. The van der Waals surface area contributed by atoms with Gasteiger partial charge in [0.05, 0.1) is 6.54 Å². The zero-order chi connectivity index (χ0) is 16.8. The molecule has 1 aliphatic heterocycles. The van der Waals surface area contributed by atoms with Gasteiger partial charge in [-0.05, 0) is 24.6 Å². The van der Waals surface area contributed by atoms with Crippen LogP contribution in [-0.4, -0.2) is 31.1 Å². The molecule has 0 atom stereocenters. The lowest BCUT2D eigenvalue weighted by Crippen LogP contribution is -2.36. The Kier molecular flexibility index (Phi) is 5.48. The normalized spacial score (nSPS) is 14.2. The topological polar surface area (TPSA) is 52.6 Å². The molecule has 24 heavy (non-hydrogen) atoms. The summed E-state index contributed by atoms with van der Waals surface area (Å²) in [5.74, 6) is 0.788. The first kappa shape index (κ1) is 16.5. The van der Waals surface area contributed by atoms with Gasteiger partial charge in [0.2, 0.25) is 0 Å². The van der Waals surface area contributed by atoms with Crippen LogP contribution in [0.3, 0.4) is 0 Å². The number of nitrogens with zero attached hydrogens (tertiary/aromatic N) is 3. The van der Waals surface area contributed by atoms with Gasteiger partial charge in [0.25, 0.3) is 0 Å². The lowest BCUT2D eigenvalue weighted by molar-refractivity contribution is 0.805. The molecule has 0 fully saturated rings. The maximum atomic E-state index is 4.35. The van der Waals surface area contributed by atoms with Crippen molar-refractivity contribution in [2.24, 2.45) is 4.99 Å². The number of benzene rings is 1. The molecule has 2 heterocycles. The van der Waals surface area contributed by atoms with Gasteiger partial charge in [0.15, 0.2) is 5.96 Å². The van der Waals surface area contributed by atoms with Crippen LogP contribution in [0, 0.1) is 6.92 Å². The monoisotopic (exact) mass is 341 g/mol. The number of anilines is 1. The second kappa shape index (κ2) is 7.97. The molecule has 0 spiro atoms. The van der Waals surface area contributed by atoms with E-state index in [-0.39, 0.29) is 0 Å². The fraction of sp³-hybridized carbons (Fsp3) is 0.333. The second-order valence-corrected chi connectivity index (χ2v) is 7.01. The summed E-state index contributed by atoms with van der Waals surface area (Å²) >= 11 is 1.70. The summed E-state index contributed by atoms with van der Waals surface area (Å²) in [5.41, 5.74) is 2.50. The van der Waals surface area contributed by atoms with E-state index in [4.69, 9.17) is 0 Å². The number of hydrogen-bond acceptors (Lipinski definition) is 4. The van der Waals surface area contributed by atoms with E-state index in [2.05, 4.69) is 68.9 Å². The molecule has 3 rings (SSSR count). The molecule has 6 heteroatoms. The van der Waals surface area contributed by atoms with Crippen LogP contribution in [0.2, 0.25) is 0 Å². The number of nitrogens with one attached hydrogen (secondary N) is 2. The fourth-order valence-electron chi connectivity index (χ4n) is 2.56. The van der Waals surface area contributed by atoms with Gasteiger partial charge in [0.1, 0.15) is 5.01 Å². The summed E-state index contributed by atoms with van der Waals surface area (Å²) in [6.45, 7) is 5.51. The predicted molar refractivity (Wildman–Crippen MR) is 102 cm³/mol. The molecule has 5 nitrogen and oxygen atoms in total. The third-order valence-corrected chi connectivity index (χ3v) is 4.79. The Bertz CT molecular complexity index is 709. The summed E-state index contributed by atoms with van der Waals surface area (Å²) in [6, 6.07) is 8.69. The summed E-state index contributed by atoms with van der Waals surface area (Å²) in [6.07, 6.45) is 6.31. The summed E-state index contributed by atoms with van der Waals surface area (Å²) in [4.78, 5) is 12.2. The van der Waals surface area contributed by atoms with E-state index in [1.165, 1.54) is 16.1 Å². The van der Waals surface area contributed by atoms with Gasteiger partial charge in [-0.15, -0.1) is 11.3 Å². The van der Waals surface area contributed by atoms with Crippen LogP contribution >= 0.6 is 11.3 Å². The van der Waals surface area contributed by atoms with Gasteiger partial charge >= 0.3 is 0 Å². The minimum Gasteiger partial charge on any atom is -0.364 e. The minimum atomic E-state index is 0.694. The van der Waals surface area contributed by atoms with Crippen molar-refractivity contribution in [2.45, 2.75) is 20.0 Å². The van der Waals surface area contributed by atoms with Gasteiger partial charge in [-0.25, -0.2) is 4.98 Å². The molecule has 0 unspecified atom stereocenters. The van der Waals surface area contributed by atoms with Crippen LogP contribution in [0.4, 0.5) is 5.69 Å². The molecule has 0 saturated carbocycles. The Morgan fingerprint density at radius 2 is 1.88 bits per heavy atom. The van der Waals surface area contributed by atoms with Crippen molar-refractivity contribution in [1.29, 1.82) is 0 Å². The Labute approximate surface area is 147 Å². The molecule has 1 aromatic heterocycles. The Balaban J connectivity index is 1.48. The molecular weight excluding hydrogens is 318 g/mol. The second-order valence-electron chi connectivity index (χ2n) is 5.69. The van der Waals surface area contributed by atoms with Crippen molar-refractivity contribution in [3.05, 3.63) is 58.1 Å². The zero-order valence-electron chi connectivity index (χ0n) is 14.1. The molecule has 1 aliphatic rings. The van der Waals surface area contributed by atoms with E-state index in [1.54, 1.807) is 18.4 Å². The molecule has 0 bridgehead atoms. The van der Waals surface area contributed by atoms with Crippen LogP contribution in [0.15, 0.2) is 47.6 Å². The number of hydrogen-bond donors (Lipinski definition) is 2. The highest BCUT2D eigenvalue weighted by Crippen LogP contribution is 2.17. The smallest absolute Gasteiger partial charge is 0.191 e. The van der Waals surface area contributed by atoms with E-state index in [9.17, 15) is 0 Å². The number of aryl methyl sites for hydroxylation is 1. The maximum Gasteiger partial charge on any atom is 0.191 e. The van der Waals surface area contributed by atoms with Gasteiger partial charge in [-0.3, -0.25) is 4.99 Å². The Morgan fingerprint density at radius 3 is 2.50 bits per heavy atom. The molecule has 0 amide bonds. The first-order chi connectivity index (χ1) is 11.7. The van der Waals surface area contributed by atoms with Gasteiger partial charge in [-0.1, -0.05) is 24.3 Å². The van der Waals surface area contributed by atoms with E-state index >= 15 is 0 Å². The third kappa shape index (κ3) is 4.35. The van der Waals surface area contributed by atoms with Crippen LogP contribution < -0.4 is 15.5 Å². The number of aromatic nitrogens is 1. The SMILES string of the molecule is CN=C(NCc1ccc(N2CC=CC2)cc1)NCc1ncc(C)s1. The standard InChI is InChI=1S/C18H23N5S/c1-14-11-20-17(24-14)13-22-18(19-2)21-12-15-5-7-16(8-6-15)23-9-3-4-10-23/h3-8,11H,9-10,12-13H2,1-2H3,(H2,19,21,22). The average molecular weight is 341 g/mol. The van der Waals surface area contributed by atoms with Crippen LogP contribution in [0.5, 0.6) is 0 Å². The third-order valence-electron chi connectivity index (χ3n) is 3.88. The first-order valence-corrected chi connectivity index (χ1v) is 8.91. The van der Waals surface area contributed by atoms with E-state index < -0.39 is 0 Å². The molecular formula is C18H23N5S. The zero-order valence-corrected chi connectivity index (χ0v) is 14.9. The summed E-state index contributed by atoms with van der Waals surface area (Å²) in [5, 5.41) is 7.71. The van der Waals surface area contributed by atoms with E-state index in [0.29, 0.717) is 6.54 Å². The predicted octanol–water partition coefficient (Wildman–Crippen LogP) is 2.69. The van der Waals surface area contributed by atoms with Crippen LogP contribution in [-0.2, 0) is 13.1 Å². The number of rotatable bonds is 5. The lowest BCUT2D eigenvalue weighted by atomic mass is 10.2. The van der Waals surface area contributed by atoms with Gasteiger partial charge in [-0.2, -0.15) is 0 Å². The van der Waals surface area contributed by atoms with Crippen LogP contribution in [0.25, 0.3) is 0 Å². The number of guanidine groups is 1. The highest BCUT2D eigenvalue weighted by atomic mass is 32.1. The summed E-state index contributed by atoms with van der Waals surface area (Å²) < 4.78 is 0. The number of thiazole rings is 1. The molecule has 0 radical (unpaired) electrons. The fourth-order valence-corrected chi connectivity index (χ4v) is 3.29. The Hall–Kier alpha value is -2.34. The quantitative estimate of drug-likeness (QED) is 0.499. The van der Waals surface area contributed by atoms with Crippen molar-refractivity contribution in [3.8, 4) is 0 Å². The lowest BCUT2D eigenvalue weighted by Gasteiger charge is -2.18. The van der Waals surface area contributed by atoms with Crippen molar-refractivity contribution >= 4 is 23.0 Å². The number of aliphatic imine (C=N–C) groups is 1. The first-order valence-electron chi connectivity index (χ1n) is 8.09. The molecule has 0 saturated heterocycles. The van der Waals surface area contributed by atoms with E-state index in [0.717, 1.165) is 30.6 Å². The molecule has 2 aromatic rings. The highest BCUT2D eigenvalue weighted by Gasteiger charge is 2.07. The molecule has 126 valence electrons. The van der Waals surface area contributed by atoms with Crippen molar-refractivity contribution in [1.82, 2.24) is 15.6 Å². The van der Waals surface area contributed by atoms with Crippen molar-refractivity contribution in [3.63, 3.8) is 0 Å². The molecule has 1 aromatic carbocycles. The van der Waals surface area contributed by atoms with E-state index in [1.807, 2.05) is 6.20 Å². The van der Waals surface area contributed by atoms with Crippen molar-refractivity contribution < 1.29 is 0 Å². The van der Waals surface area contributed by atoms with Crippen LogP contribution in [0.1, 0.15) is 15.4 Å². The average Bonchev–Trinajstić information content (AvgIpc) is 3.27. The largest absolute Gasteiger partial charge is 0.364 e. The minimum absolute atomic E-state index is 0.694. The van der Waals surface area contributed by atoms with Crippen molar-refractivity contribution in [2.75, 3.05) is 25.0 Å². The summed E-state index contributed by atoms with van der Waals surface area (Å²) in [7, 11) is 1.78. The molecule has 0 aliphatic carbocycles. The Morgan fingerprint density at radius 1 is 1.17 bits per heavy atom. The van der Waals surface area contributed by atoms with Gasteiger partial charge < -0.3 is 15.5 Å². The maximum absolute atomic E-state index is 4.35. The van der Waals surface area contributed by atoms with Gasteiger partial charge in [0, 0.05) is 43.4 Å².